The maximum atomic E-state index is 12.3. The highest BCUT2D eigenvalue weighted by Gasteiger charge is 2.12. The van der Waals surface area contributed by atoms with Gasteiger partial charge >= 0.3 is 0 Å². The summed E-state index contributed by atoms with van der Waals surface area (Å²) in [5.74, 6) is -0.335. The van der Waals surface area contributed by atoms with Crippen molar-refractivity contribution in [2.45, 2.75) is 20.3 Å². The molecule has 0 fully saturated rings. The maximum absolute atomic E-state index is 12.3. The summed E-state index contributed by atoms with van der Waals surface area (Å²) in [4.78, 5) is 12.3. The van der Waals surface area contributed by atoms with Crippen LogP contribution in [0.1, 0.15) is 35.3 Å². The molecular formula is C21H22O5. The second-order valence-corrected chi connectivity index (χ2v) is 6.07. The summed E-state index contributed by atoms with van der Waals surface area (Å²) in [6.07, 6.45) is 5.44. The fraction of sp³-hybridized carbons (Fsp3) is 0.190. The number of hydrogen-bond acceptors (Lipinski definition) is 5. The molecule has 0 aliphatic heterocycles. The first-order chi connectivity index (χ1) is 12.3. The van der Waals surface area contributed by atoms with Gasteiger partial charge in [0.25, 0.3) is 0 Å². The van der Waals surface area contributed by atoms with E-state index >= 15 is 0 Å². The van der Waals surface area contributed by atoms with Gasteiger partial charge in [0.05, 0.1) is 7.11 Å². The van der Waals surface area contributed by atoms with Gasteiger partial charge in [0.2, 0.25) is 0 Å². The van der Waals surface area contributed by atoms with Gasteiger partial charge in [-0.05, 0) is 62.8 Å². The van der Waals surface area contributed by atoms with E-state index in [0.717, 1.165) is 5.57 Å². The molecule has 0 aromatic heterocycles. The molecule has 0 spiro atoms. The third-order valence-corrected chi connectivity index (χ3v) is 3.86. The number of aromatic hydroxyl groups is 3. The summed E-state index contributed by atoms with van der Waals surface area (Å²) >= 11 is 0. The molecule has 0 aliphatic rings. The fourth-order valence-corrected chi connectivity index (χ4v) is 2.45. The third-order valence-electron chi connectivity index (χ3n) is 3.86. The van der Waals surface area contributed by atoms with Crippen molar-refractivity contribution in [3.63, 3.8) is 0 Å². The number of ether oxygens (including phenoxy) is 1. The van der Waals surface area contributed by atoms with Gasteiger partial charge in [0, 0.05) is 16.7 Å². The molecule has 2 aromatic carbocycles. The van der Waals surface area contributed by atoms with Crippen LogP contribution in [0.4, 0.5) is 0 Å². The summed E-state index contributed by atoms with van der Waals surface area (Å²) in [5, 5.41) is 29.0. The predicted molar refractivity (Wildman–Crippen MR) is 101 cm³/mol. The van der Waals surface area contributed by atoms with Crippen molar-refractivity contribution >= 4 is 11.9 Å². The molecule has 0 saturated carbocycles. The van der Waals surface area contributed by atoms with E-state index in [0.29, 0.717) is 23.3 Å². The van der Waals surface area contributed by atoms with E-state index < -0.39 is 0 Å². The number of allylic oxidation sites excluding steroid dienone is 3. The first-order valence-corrected chi connectivity index (χ1v) is 8.10. The lowest BCUT2D eigenvalue weighted by Crippen LogP contribution is -1.97. The zero-order valence-electron chi connectivity index (χ0n) is 15.0. The first-order valence-electron chi connectivity index (χ1n) is 8.10. The van der Waals surface area contributed by atoms with Crippen molar-refractivity contribution < 1.29 is 24.9 Å². The zero-order chi connectivity index (χ0) is 19.3. The topological polar surface area (TPSA) is 87.0 Å². The molecule has 136 valence electrons. The van der Waals surface area contributed by atoms with Gasteiger partial charge in [0.15, 0.2) is 17.3 Å². The second kappa shape index (κ2) is 8.25. The average Bonchev–Trinajstić information content (AvgIpc) is 2.61. The van der Waals surface area contributed by atoms with Crippen LogP contribution in [0.25, 0.3) is 6.08 Å². The largest absolute Gasteiger partial charge is 0.508 e. The molecule has 0 atom stereocenters. The van der Waals surface area contributed by atoms with E-state index in [4.69, 9.17) is 4.74 Å². The van der Waals surface area contributed by atoms with Crippen LogP contribution in [0.3, 0.4) is 0 Å². The minimum atomic E-state index is -0.351. The van der Waals surface area contributed by atoms with E-state index in [-0.39, 0.29) is 28.6 Å². The molecule has 0 saturated heterocycles. The van der Waals surface area contributed by atoms with Gasteiger partial charge < -0.3 is 20.1 Å². The summed E-state index contributed by atoms with van der Waals surface area (Å²) in [7, 11) is 1.51. The van der Waals surface area contributed by atoms with Gasteiger partial charge in [-0.15, -0.1) is 0 Å². The van der Waals surface area contributed by atoms with Crippen molar-refractivity contribution in [1.29, 1.82) is 0 Å². The van der Waals surface area contributed by atoms with Gasteiger partial charge in [-0.3, -0.25) is 4.79 Å². The second-order valence-electron chi connectivity index (χ2n) is 6.07. The van der Waals surface area contributed by atoms with Crippen LogP contribution in [0.5, 0.6) is 23.0 Å². The zero-order valence-corrected chi connectivity index (χ0v) is 15.0. The summed E-state index contributed by atoms with van der Waals surface area (Å²) in [5.41, 5.74) is 2.66. The van der Waals surface area contributed by atoms with Gasteiger partial charge in [0.1, 0.15) is 11.5 Å². The normalized spacial score (nSPS) is 10.7. The molecule has 0 amide bonds. The molecule has 2 aromatic rings. The van der Waals surface area contributed by atoms with Crippen LogP contribution in [-0.2, 0) is 6.42 Å². The fourth-order valence-electron chi connectivity index (χ4n) is 2.45. The maximum Gasteiger partial charge on any atom is 0.185 e. The number of methoxy groups -OCH3 is 1. The summed E-state index contributed by atoms with van der Waals surface area (Å²) in [6.45, 7) is 3.94. The van der Waals surface area contributed by atoms with E-state index in [2.05, 4.69) is 0 Å². The Labute approximate surface area is 152 Å². The SMILES string of the molecule is COc1c(C=CC(=O)c2ccc(O)c(O)c2)ccc(O)c1CC=C(C)C. The van der Waals surface area contributed by atoms with Crippen LogP contribution in [0, 0.1) is 0 Å². The number of phenols is 3. The van der Waals surface area contributed by atoms with Crippen LogP contribution in [-0.4, -0.2) is 28.2 Å². The molecule has 5 heteroatoms. The number of hydrogen-bond donors (Lipinski definition) is 3. The van der Waals surface area contributed by atoms with Crippen molar-refractivity contribution in [2.75, 3.05) is 7.11 Å². The summed E-state index contributed by atoms with van der Waals surface area (Å²) in [6, 6.07) is 7.12. The van der Waals surface area contributed by atoms with Gasteiger partial charge in [-0.1, -0.05) is 11.6 Å². The van der Waals surface area contributed by atoms with Crippen LogP contribution in [0.2, 0.25) is 0 Å². The number of carbonyl (C=O) groups is 1. The van der Waals surface area contributed by atoms with Crippen LogP contribution < -0.4 is 4.74 Å². The van der Waals surface area contributed by atoms with E-state index in [9.17, 15) is 20.1 Å². The van der Waals surface area contributed by atoms with E-state index in [1.54, 1.807) is 18.2 Å². The number of rotatable bonds is 6. The molecule has 0 unspecified atom stereocenters. The van der Waals surface area contributed by atoms with E-state index in [1.807, 2.05) is 19.9 Å². The smallest absolute Gasteiger partial charge is 0.185 e. The third kappa shape index (κ3) is 4.45. The number of benzene rings is 2. The monoisotopic (exact) mass is 354 g/mol. The van der Waals surface area contributed by atoms with Gasteiger partial charge in [-0.2, -0.15) is 0 Å². The lowest BCUT2D eigenvalue weighted by Gasteiger charge is -2.12. The molecule has 0 aliphatic carbocycles. The Morgan fingerprint density at radius 2 is 1.73 bits per heavy atom. The van der Waals surface area contributed by atoms with Crippen molar-refractivity contribution in [1.82, 2.24) is 0 Å². The molecule has 0 bridgehead atoms. The Morgan fingerprint density at radius 3 is 2.35 bits per heavy atom. The molecule has 0 radical (unpaired) electrons. The minimum absolute atomic E-state index is 0.131. The Bertz CT molecular complexity index is 874. The molecule has 3 N–H and O–H groups in total. The van der Waals surface area contributed by atoms with E-state index in [1.165, 1.54) is 31.4 Å². The van der Waals surface area contributed by atoms with Crippen molar-refractivity contribution in [3.05, 3.63) is 64.7 Å². The molecule has 26 heavy (non-hydrogen) atoms. The van der Waals surface area contributed by atoms with Crippen LogP contribution in [0.15, 0.2) is 48.1 Å². The number of phenolic OH excluding ortho intramolecular Hbond substituents is 3. The first kappa shape index (κ1) is 19.1. The predicted octanol–water partition coefficient (Wildman–Crippen LogP) is 4.22. The molecule has 2 rings (SSSR count). The minimum Gasteiger partial charge on any atom is -0.508 e. The summed E-state index contributed by atoms with van der Waals surface area (Å²) < 4.78 is 5.44. The lowest BCUT2D eigenvalue weighted by atomic mass is 10.0. The molecule has 5 nitrogen and oxygen atoms in total. The Morgan fingerprint density at radius 1 is 1.04 bits per heavy atom. The van der Waals surface area contributed by atoms with Gasteiger partial charge in [-0.25, -0.2) is 0 Å². The van der Waals surface area contributed by atoms with Crippen molar-refractivity contribution in [2.24, 2.45) is 0 Å². The Balaban J connectivity index is 2.34. The Hall–Kier alpha value is -3.21. The quantitative estimate of drug-likeness (QED) is 0.313. The molecule has 0 heterocycles. The number of ketones is 1. The lowest BCUT2D eigenvalue weighted by molar-refractivity contribution is 0.104. The highest BCUT2D eigenvalue weighted by Crippen LogP contribution is 2.33. The van der Waals surface area contributed by atoms with Crippen molar-refractivity contribution in [3.8, 4) is 23.0 Å². The Kier molecular flexibility index (Phi) is 6.07. The average molecular weight is 354 g/mol. The number of carbonyl (C=O) groups excluding carboxylic acids is 1. The highest BCUT2D eigenvalue weighted by molar-refractivity contribution is 6.07. The highest BCUT2D eigenvalue weighted by atomic mass is 16.5. The molecular weight excluding hydrogens is 332 g/mol. The van der Waals surface area contributed by atoms with Crippen LogP contribution >= 0.6 is 0 Å². The standard InChI is InChI=1S/C21H22O5/c1-13(2)4-8-16-18(23)10-6-14(21(16)26-3)5-9-17(22)15-7-11-19(24)20(25)12-15/h4-7,9-12,23-25H,8H2,1-3H3.